The molecular weight excluding hydrogens is 376 g/mol. The van der Waals surface area contributed by atoms with Gasteiger partial charge in [-0.1, -0.05) is 18.2 Å². The summed E-state index contributed by atoms with van der Waals surface area (Å²) in [6.07, 6.45) is 0.0261. The van der Waals surface area contributed by atoms with Crippen LogP contribution < -0.4 is 4.90 Å². The van der Waals surface area contributed by atoms with Gasteiger partial charge in [-0.2, -0.15) is 0 Å². The number of nitrogens with zero attached hydrogens (tertiary/aromatic N) is 2. The van der Waals surface area contributed by atoms with Crippen LogP contribution in [0.3, 0.4) is 0 Å². The van der Waals surface area contributed by atoms with Gasteiger partial charge in [-0.05, 0) is 37.1 Å². The molecule has 0 N–H and O–H groups in total. The number of hydrogen-bond acceptors (Lipinski definition) is 6. The molecule has 0 aliphatic carbocycles. The molecule has 3 rings (SSSR count). The second kappa shape index (κ2) is 8.22. The largest absolute Gasteiger partial charge is 0.457 e. The van der Waals surface area contributed by atoms with Gasteiger partial charge in [0.2, 0.25) is 5.91 Å². The molecule has 0 unspecified atom stereocenters. The third-order valence-electron chi connectivity index (χ3n) is 4.91. The predicted octanol–water partition coefficient (Wildman–Crippen LogP) is 2.99. The summed E-state index contributed by atoms with van der Waals surface area (Å²) in [7, 11) is 0. The van der Waals surface area contributed by atoms with Crippen LogP contribution in [-0.2, 0) is 14.3 Å². The number of esters is 1. The third kappa shape index (κ3) is 4.31. The number of anilines is 1. The number of ether oxygens (including phenoxy) is 1. The summed E-state index contributed by atoms with van der Waals surface area (Å²) in [6.45, 7) is 3.54. The molecule has 0 bridgehead atoms. The van der Waals surface area contributed by atoms with Crippen LogP contribution >= 0.6 is 0 Å². The van der Waals surface area contributed by atoms with E-state index in [4.69, 9.17) is 4.74 Å². The predicted molar refractivity (Wildman–Crippen MR) is 105 cm³/mol. The highest BCUT2D eigenvalue weighted by molar-refractivity contribution is 6.01. The molecule has 1 heterocycles. The van der Waals surface area contributed by atoms with Crippen molar-refractivity contribution < 1.29 is 24.0 Å². The van der Waals surface area contributed by atoms with Gasteiger partial charge in [-0.15, -0.1) is 0 Å². The third-order valence-corrected chi connectivity index (χ3v) is 4.91. The van der Waals surface area contributed by atoms with E-state index in [1.54, 1.807) is 4.90 Å². The Morgan fingerprint density at radius 3 is 2.34 bits per heavy atom. The molecule has 2 aromatic carbocycles. The number of carbonyl (C=O) groups is 3. The van der Waals surface area contributed by atoms with Crippen LogP contribution in [0.2, 0.25) is 0 Å². The summed E-state index contributed by atoms with van der Waals surface area (Å²) >= 11 is 0. The van der Waals surface area contributed by atoms with E-state index in [0.29, 0.717) is 0 Å². The minimum atomic E-state index is -0.647. The molecule has 1 fully saturated rings. The Bertz CT molecular complexity index is 963. The highest BCUT2D eigenvalue weighted by Crippen LogP contribution is 2.31. The summed E-state index contributed by atoms with van der Waals surface area (Å²) < 4.78 is 5.11. The molecule has 0 spiro atoms. The van der Waals surface area contributed by atoms with Crippen LogP contribution in [0.1, 0.15) is 27.9 Å². The fraction of sp³-hybridized carbons (Fsp3) is 0.286. The molecule has 1 aliphatic rings. The van der Waals surface area contributed by atoms with E-state index in [1.165, 1.54) is 24.3 Å². The first kappa shape index (κ1) is 20.2. The molecule has 0 aromatic heterocycles. The fourth-order valence-electron chi connectivity index (χ4n) is 3.42. The van der Waals surface area contributed by atoms with Gasteiger partial charge in [0.1, 0.15) is 0 Å². The monoisotopic (exact) mass is 396 g/mol. The molecule has 8 heteroatoms. The molecule has 0 saturated carbocycles. The van der Waals surface area contributed by atoms with Crippen LogP contribution in [0.15, 0.2) is 42.5 Å². The zero-order valence-corrected chi connectivity index (χ0v) is 16.1. The molecule has 1 saturated heterocycles. The van der Waals surface area contributed by atoms with E-state index in [9.17, 15) is 24.5 Å². The Kier molecular flexibility index (Phi) is 5.72. The van der Waals surface area contributed by atoms with E-state index < -0.39 is 29.2 Å². The molecule has 8 nitrogen and oxygen atoms in total. The summed E-state index contributed by atoms with van der Waals surface area (Å²) in [5.74, 6) is -1.89. The maximum atomic E-state index is 12.4. The molecule has 1 atom stereocenters. The Labute approximate surface area is 167 Å². The standard InChI is InChI=1S/C21H20N2O6/c1-13-4-3-5-14(2)20(13)22-11-16(10-19(22)25)21(26)29-12-18(24)15-6-8-17(9-7-15)23(27)28/h3-9,16H,10-12H2,1-2H3/t16-/m0/s1. The minimum absolute atomic E-state index is 0.0261. The number of non-ortho nitro benzene ring substituents is 1. The number of amides is 1. The maximum absolute atomic E-state index is 12.4. The summed E-state index contributed by atoms with van der Waals surface area (Å²) in [5.41, 5.74) is 2.77. The summed E-state index contributed by atoms with van der Waals surface area (Å²) in [4.78, 5) is 48.7. The lowest BCUT2D eigenvalue weighted by atomic mass is 10.1. The lowest BCUT2D eigenvalue weighted by Gasteiger charge is -2.21. The molecule has 2 aromatic rings. The number of carbonyl (C=O) groups excluding carboxylic acids is 3. The zero-order chi connectivity index (χ0) is 21.1. The molecule has 1 amide bonds. The topological polar surface area (TPSA) is 107 Å². The quantitative estimate of drug-likeness (QED) is 0.322. The first-order valence-corrected chi connectivity index (χ1v) is 9.09. The second-order valence-corrected chi connectivity index (χ2v) is 6.98. The highest BCUT2D eigenvalue weighted by atomic mass is 16.6. The first-order chi connectivity index (χ1) is 13.8. The van der Waals surface area contributed by atoms with Crippen molar-refractivity contribution in [1.29, 1.82) is 0 Å². The molecule has 29 heavy (non-hydrogen) atoms. The fourth-order valence-corrected chi connectivity index (χ4v) is 3.42. The number of benzene rings is 2. The Morgan fingerprint density at radius 2 is 1.76 bits per heavy atom. The lowest BCUT2D eigenvalue weighted by molar-refractivity contribution is -0.384. The number of para-hydroxylation sites is 1. The molecule has 0 radical (unpaired) electrons. The van der Waals surface area contributed by atoms with Gasteiger partial charge in [0.15, 0.2) is 12.4 Å². The van der Waals surface area contributed by atoms with Crippen LogP contribution in [-0.4, -0.2) is 35.7 Å². The van der Waals surface area contributed by atoms with Crippen molar-refractivity contribution in [1.82, 2.24) is 0 Å². The highest BCUT2D eigenvalue weighted by Gasteiger charge is 2.37. The molecule has 1 aliphatic heterocycles. The molecule has 150 valence electrons. The SMILES string of the molecule is Cc1cccc(C)c1N1C[C@@H](C(=O)OCC(=O)c2ccc([N+](=O)[O-])cc2)CC1=O. The lowest BCUT2D eigenvalue weighted by Crippen LogP contribution is -2.28. The second-order valence-electron chi connectivity index (χ2n) is 6.98. The van der Waals surface area contributed by atoms with Crippen molar-refractivity contribution in [2.75, 3.05) is 18.1 Å². The van der Waals surface area contributed by atoms with E-state index in [2.05, 4.69) is 0 Å². The average molecular weight is 396 g/mol. The van der Waals surface area contributed by atoms with Crippen LogP contribution in [0.5, 0.6) is 0 Å². The first-order valence-electron chi connectivity index (χ1n) is 9.09. The van der Waals surface area contributed by atoms with E-state index in [-0.39, 0.29) is 30.1 Å². The Balaban J connectivity index is 1.61. The van der Waals surface area contributed by atoms with Crippen molar-refractivity contribution in [2.24, 2.45) is 5.92 Å². The van der Waals surface area contributed by atoms with Gasteiger partial charge in [0.05, 0.1) is 10.8 Å². The number of Topliss-reactive ketones (excluding diaryl/α,β-unsaturated/α-hetero) is 1. The smallest absolute Gasteiger partial charge is 0.311 e. The maximum Gasteiger partial charge on any atom is 0.311 e. The van der Waals surface area contributed by atoms with E-state index >= 15 is 0 Å². The minimum Gasteiger partial charge on any atom is -0.457 e. The number of nitro groups is 1. The number of hydrogen-bond donors (Lipinski definition) is 0. The van der Waals surface area contributed by atoms with Crippen LogP contribution in [0.25, 0.3) is 0 Å². The number of ketones is 1. The van der Waals surface area contributed by atoms with Gasteiger partial charge >= 0.3 is 5.97 Å². The normalized spacial score (nSPS) is 16.0. The van der Waals surface area contributed by atoms with Crippen molar-refractivity contribution in [3.05, 3.63) is 69.3 Å². The van der Waals surface area contributed by atoms with Crippen molar-refractivity contribution in [3.8, 4) is 0 Å². The van der Waals surface area contributed by atoms with Crippen molar-refractivity contribution >= 4 is 29.0 Å². The Morgan fingerprint density at radius 1 is 1.14 bits per heavy atom. The summed E-state index contributed by atoms with van der Waals surface area (Å²) in [6, 6.07) is 10.8. The molecular formula is C21H20N2O6. The van der Waals surface area contributed by atoms with E-state index in [1.807, 2.05) is 32.0 Å². The number of nitro benzene ring substituents is 1. The van der Waals surface area contributed by atoms with Gasteiger partial charge in [0, 0.05) is 36.3 Å². The van der Waals surface area contributed by atoms with Gasteiger partial charge in [0.25, 0.3) is 5.69 Å². The zero-order valence-electron chi connectivity index (χ0n) is 16.1. The van der Waals surface area contributed by atoms with Gasteiger partial charge in [-0.25, -0.2) is 0 Å². The average Bonchev–Trinajstić information content (AvgIpc) is 3.07. The van der Waals surface area contributed by atoms with Crippen molar-refractivity contribution in [3.63, 3.8) is 0 Å². The van der Waals surface area contributed by atoms with Crippen LogP contribution in [0, 0.1) is 29.9 Å². The van der Waals surface area contributed by atoms with Crippen LogP contribution in [0.4, 0.5) is 11.4 Å². The van der Waals surface area contributed by atoms with Crippen molar-refractivity contribution in [2.45, 2.75) is 20.3 Å². The Hall–Kier alpha value is -3.55. The number of rotatable bonds is 6. The summed E-state index contributed by atoms with van der Waals surface area (Å²) in [5, 5.41) is 10.7. The van der Waals surface area contributed by atoms with E-state index in [0.717, 1.165) is 16.8 Å². The van der Waals surface area contributed by atoms with Gasteiger partial charge in [-0.3, -0.25) is 24.5 Å². The van der Waals surface area contributed by atoms with Gasteiger partial charge < -0.3 is 9.64 Å². The number of aryl methyl sites for hydroxylation is 2.